The number of methoxy groups -OCH3 is 1. The smallest absolute Gasteiger partial charge is 0.330 e. The summed E-state index contributed by atoms with van der Waals surface area (Å²) in [6, 6.07) is -0.421. The summed E-state index contributed by atoms with van der Waals surface area (Å²) >= 11 is 0. The largest absolute Gasteiger partial charge is 0.364 e. The van der Waals surface area contributed by atoms with Gasteiger partial charge in [-0.05, 0) is 6.42 Å². The van der Waals surface area contributed by atoms with Crippen LogP contribution in [0.1, 0.15) is 26.7 Å². The molecule has 0 rings (SSSR count). The van der Waals surface area contributed by atoms with Crippen LogP contribution in [0.4, 0.5) is 4.79 Å². The maximum atomic E-state index is 11.8. The molecule has 0 unspecified atom stereocenters. The summed E-state index contributed by atoms with van der Waals surface area (Å²) in [5, 5.41) is 0. The van der Waals surface area contributed by atoms with E-state index in [2.05, 4.69) is 6.92 Å². The van der Waals surface area contributed by atoms with Gasteiger partial charge in [-0.15, -0.1) is 0 Å². The summed E-state index contributed by atoms with van der Waals surface area (Å²) < 4.78 is 10.2. The van der Waals surface area contributed by atoms with Crippen molar-refractivity contribution in [3.05, 3.63) is 0 Å². The molecule has 0 saturated carbocycles. The van der Waals surface area contributed by atoms with Gasteiger partial charge >= 0.3 is 6.03 Å². The summed E-state index contributed by atoms with van der Waals surface area (Å²) in [4.78, 5) is 25.2. The number of urea groups is 1. The zero-order valence-corrected chi connectivity index (χ0v) is 11.1. The van der Waals surface area contributed by atoms with Gasteiger partial charge < -0.3 is 9.47 Å². The van der Waals surface area contributed by atoms with Gasteiger partial charge in [0.05, 0.1) is 0 Å². The van der Waals surface area contributed by atoms with Crippen LogP contribution in [0.5, 0.6) is 0 Å². The number of ether oxygens (including phenoxy) is 2. The van der Waals surface area contributed by atoms with Gasteiger partial charge in [-0.1, -0.05) is 13.3 Å². The molecule has 0 N–H and O–H groups in total. The quantitative estimate of drug-likeness (QED) is 0.501. The van der Waals surface area contributed by atoms with E-state index in [9.17, 15) is 9.59 Å². The molecule has 0 fully saturated rings. The minimum absolute atomic E-state index is 0.0998. The fourth-order valence-electron chi connectivity index (χ4n) is 1.07. The predicted molar refractivity (Wildman–Crippen MR) is 63.3 cm³/mol. The first-order chi connectivity index (χ1) is 8.04. The molecule has 0 aromatic heterocycles. The van der Waals surface area contributed by atoms with Gasteiger partial charge in [0.2, 0.25) is 5.91 Å². The average Bonchev–Trinajstić information content (AvgIpc) is 2.31. The zero-order valence-electron chi connectivity index (χ0n) is 11.1. The predicted octanol–water partition coefficient (Wildman–Crippen LogP) is 1.26. The minimum Gasteiger partial charge on any atom is -0.364 e. The van der Waals surface area contributed by atoms with E-state index in [0.717, 1.165) is 17.7 Å². The van der Waals surface area contributed by atoms with Crippen LogP contribution in [0.15, 0.2) is 0 Å². The molecular weight excluding hydrogens is 224 g/mol. The summed E-state index contributed by atoms with van der Waals surface area (Å²) in [7, 11) is 2.92. The van der Waals surface area contributed by atoms with Gasteiger partial charge in [0.25, 0.3) is 0 Å². The van der Waals surface area contributed by atoms with E-state index < -0.39 is 6.03 Å². The Morgan fingerprint density at radius 2 is 1.88 bits per heavy atom. The van der Waals surface area contributed by atoms with E-state index in [1.165, 1.54) is 26.0 Å². The average molecular weight is 246 g/mol. The van der Waals surface area contributed by atoms with Crippen molar-refractivity contribution in [2.24, 2.45) is 0 Å². The van der Waals surface area contributed by atoms with E-state index >= 15 is 0 Å². The van der Waals surface area contributed by atoms with Crippen LogP contribution in [0, 0.1) is 0 Å². The molecule has 0 aromatic rings. The Morgan fingerprint density at radius 3 is 2.35 bits per heavy atom. The topological polar surface area (TPSA) is 59.1 Å². The van der Waals surface area contributed by atoms with Crippen molar-refractivity contribution in [2.45, 2.75) is 26.7 Å². The van der Waals surface area contributed by atoms with Crippen molar-refractivity contribution in [1.82, 2.24) is 9.80 Å². The highest BCUT2D eigenvalue weighted by molar-refractivity contribution is 5.92. The first-order valence-electron chi connectivity index (χ1n) is 5.64. The van der Waals surface area contributed by atoms with E-state index in [4.69, 9.17) is 9.47 Å². The van der Waals surface area contributed by atoms with Gasteiger partial charge in [-0.25, -0.2) is 4.79 Å². The number of carbonyl (C=O) groups excluding carboxylic acids is 2. The van der Waals surface area contributed by atoms with Gasteiger partial charge in [0.15, 0.2) is 0 Å². The van der Waals surface area contributed by atoms with Crippen LogP contribution in [0.25, 0.3) is 0 Å². The van der Waals surface area contributed by atoms with Crippen LogP contribution < -0.4 is 0 Å². The maximum Gasteiger partial charge on any atom is 0.330 e. The normalized spacial score (nSPS) is 10.1. The lowest BCUT2D eigenvalue weighted by atomic mass is 10.4. The number of rotatable bonds is 7. The number of imide groups is 1. The van der Waals surface area contributed by atoms with Gasteiger partial charge in [0.1, 0.15) is 13.5 Å². The molecule has 100 valence electrons. The Bertz CT molecular complexity index is 246. The first kappa shape index (κ1) is 15.9. The van der Waals surface area contributed by atoms with Crippen molar-refractivity contribution < 1.29 is 19.1 Å². The van der Waals surface area contributed by atoms with Crippen LogP contribution in [-0.4, -0.2) is 56.0 Å². The molecular formula is C11H22N2O4. The monoisotopic (exact) mass is 246 g/mol. The Labute approximate surface area is 102 Å². The third-order valence-corrected chi connectivity index (χ3v) is 2.20. The molecule has 17 heavy (non-hydrogen) atoms. The number of hydrogen-bond donors (Lipinski definition) is 0. The standard InChI is InChI=1S/C11H22N2O4/c1-5-6-7-17-9-13(8-16-4)11(15)12(3)10(2)14/h5-9H2,1-4H3. The zero-order chi connectivity index (χ0) is 13.3. The van der Waals surface area contributed by atoms with Crippen molar-refractivity contribution in [3.8, 4) is 0 Å². The number of hydrogen-bond acceptors (Lipinski definition) is 4. The van der Waals surface area contributed by atoms with E-state index in [1.807, 2.05) is 0 Å². The highest BCUT2D eigenvalue weighted by Gasteiger charge is 2.20. The van der Waals surface area contributed by atoms with E-state index in [0.29, 0.717) is 6.61 Å². The fraction of sp³-hybridized carbons (Fsp3) is 0.818. The lowest BCUT2D eigenvalue weighted by molar-refractivity contribution is -0.126. The highest BCUT2D eigenvalue weighted by Crippen LogP contribution is 1.99. The Kier molecular flexibility index (Phi) is 8.35. The summed E-state index contributed by atoms with van der Waals surface area (Å²) in [6.07, 6.45) is 1.98. The number of carbonyl (C=O) groups is 2. The molecule has 0 aliphatic rings. The second-order valence-electron chi connectivity index (χ2n) is 3.71. The summed E-state index contributed by atoms with van der Waals surface area (Å²) in [6.45, 7) is 4.21. The summed E-state index contributed by atoms with van der Waals surface area (Å²) in [5.41, 5.74) is 0. The lowest BCUT2D eigenvalue weighted by Crippen LogP contribution is -2.45. The lowest BCUT2D eigenvalue weighted by Gasteiger charge is -2.25. The molecule has 0 bridgehead atoms. The third-order valence-electron chi connectivity index (χ3n) is 2.20. The Balaban J connectivity index is 4.20. The Hall–Kier alpha value is -1.14. The van der Waals surface area contributed by atoms with Crippen molar-refractivity contribution in [2.75, 3.05) is 34.2 Å². The first-order valence-corrected chi connectivity index (χ1v) is 5.64. The molecule has 6 heteroatoms. The molecule has 0 saturated heterocycles. The van der Waals surface area contributed by atoms with Crippen molar-refractivity contribution >= 4 is 11.9 Å². The summed E-state index contributed by atoms with van der Waals surface area (Å²) in [5.74, 6) is -0.315. The van der Waals surface area contributed by atoms with E-state index in [1.54, 1.807) is 0 Å². The maximum absolute atomic E-state index is 11.8. The van der Waals surface area contributed by atoms with Crippen LogP contribution in [0.3, 0.4) is 0 Å². The number of amides is 3. The molecule has 6 nitrogen and oxygen atoms in total. The second-order valence-corrected chi connectivity index (χ2v) is 3.71. The molecule has 0 heterocycles. The molecule has 0 aromatic carbocycles. The van der Waals surface area contributed by atoms with Gasteiger partial charge in [-0.3, -0.25) is 14.6 Å². The van der Waals surface area contributed by atoms with Gasteiger partial charge in [0, 0.05) is 27.7 Å². The highest BCUT2D eigenvalue weighted by atomic mass is 16.5. The van der Waals surface area contributed by atoms with Crippen LogP contribution in [-0.2, 0) is 14.3 Å². The van der Waals surface area contributed by atoms with E-state index in [-0.39, 0.29) is 19.4 Å². The molecule has 0 aliphatic heterocycles. The SMILES string of the molecule is CCCCOCN(COC)C(=O)N(C)C(C)=O. The molecule has 0 aliphatic carbocycles. The Morgan fingerprint density at radius 1 is 1.24 bits per heavy atom. The van der Waals surface area contributed by atoms with Crippen LogP contribution in [0.2, 0.25) is 0 Å². The van der Waals surface area contributed by atoms with Crippen LogP contribution >= 0.6 is 0 Å². The number of nitrogens with zero attached hydrogens (tertiary/aromatic N) is 2. The molecule has 0 radical (unpaired) electrons. The van der Waals surface area contributed by atoms with Gasteiger partial charge in [-0.2, -0.15) is 0 Å². The minimum atomic E-state index is -0.421. The number of unbranched alkanes of at least 4 members (excludes halogenated alkanes) is 1. The molecule has 3 amide bonds. The third kappa shape index (κ3) is 6.23. The second kappa shape index (κ2) is 8.95. The van der Waals surface area contributed by atoms with Crippen molar-refractivity contribution in [3.63, 3.8) is 0 Å². The van der Waals surface area contributed by atoms with Crippen molar-refractivity contribution in [1.29, 1.82) is 0 Å². The molecule has 0 atom stereocenters. The molecule has 0 spiro atoms. The fourth-order valence-corrected chi connectivity index (χ4v) is 1.07.